The topological polar surface area (TPSA) is 85.3 Å². The summed E-state index contributed by atoms with van der Waals surface area (Å²) in [5.74, 6) is -1.69. The predicted octanol–water partition coefficient (Wildman–Crippen LogP) is 1.85. The molecule has 1 aromatic rings. The number of anilines is 1. The minimum Gasteiger partial charge on any atom is -0.466 e. The summed E-state index contributed by atoms with van der Waals surface area (Å²) in [7, 11) is 1.19. The molecule has 0 atom stereocenters. The molecule has 0 aliphatic carbocycles. The van der Waals surface area contributed by atoms with Crippen molar-refractivity contribution in [1.29, 1.82) is 0 Å². The second-order valence-electron chi connectivity index (χ2n) is 4.84. The first-order valence-electron chi connectivity index (χ1n) is 6.83. The summed E-state index contributed by atoms with van der Waals surface area (Å²) in [6.45, 7) is 1.33. The van der Waals surface area contributed by atoms with Crippen LogP contribution in [0.25, 0.3) is 0 Å². The number of methoxy groups -OCH3 is 1. The maximum atomic E-state index is 12.0. The van der Waals surface area contributed by atoms with Crippen LogP contribution in [0.5, 0.6) is 0 Å². The molecule has 0 bridgehead atoms. The Morgan fingerprint density at radius 1 is 1.35 bits per heavy atom. The molecule has 1 aliphatic rings. The Morgan fingerprint density at radius 2 is 2.09 bits per heavy atom. The Labute approximate surface area is 137 Å². The summed E-state index contributed by atoms with van der Waals surface area (Å²) >= 11 is 6.05. The molecule has 1 aliphatic heterocycles. The van der Waals surface area contributed by atoms with Gasteiger partial charge in [0.2, 0.25) is 5.91 Å². The van der Waals surface area contributed by atoms with Gasteiger partial charge in [0.05, 0.1) is 12.8 Å². The van der Waals surface area contributed by atoms with E-state index in [1.807, 2.05) is 6.92 Å². The second-order valence-corrected chi connectivity index (χ2v) is 5.25. The summed E-state index contributed by atoms with van der Waals surface area (Å²) in [4.78, 5) is 34.9. The van der Waals surface area contributed by atoms with Crippen molar-refractivity contribution in [3.05, 3.63) is 28.8 Å². The molecule has 23 heavy (non-hydrogen) atoms. The van der Waals surface area contributed by atoms with E-state index in [2.05, 4.69) is 9.84 Å². The third kappa shape index (κ3) is 4.07. The molecule has 122 valence electrons. The summed E-state index contributed by atoms with van der Waals surface area (Å²) in [5.41, 5.74) is 1.38. The lowest BCUT2D eigenvalue weighted by molar-refractivity contribution is -0.153. The van der Waals surface area contributed by atoms with Crippen LogP contribution < -0.4 is 5.01 Å². The van der Waals surface area contributed by atoms with Crippen LogP contribution in [0.15, 0.2) is 23.3 Å². The highest BCUT2D eigenvalue weighted by atomic mass is 35.5. The van der Waals surface area contributed by atoms with Crippen molar-refractivity contribution in [2.24, 2.45) is 5.10 Å². The van der Waals surface area contributed by atoms with Crippen LogP contribution in [0.4, 0.5) is 5.69 Å². The average molecular weight is 339 g/mol. The Kier molecular flexibility index (Phi) is 5.33. The molecular formula is C15H15ClN2O5. The summed E-state index contributed by atoms with van der Waals surface area (Å²) < 4.78 is 9.17. The number of benzene rings is 1. The van der Waals surface area contributed by atoms with E-state index in [1.54, 1.807) is 18.2 Å². The zero-order valence-electron chi connectivity index (χ0n) is 12.7. The molecule has 0 unspecified atom stereocenters. The smallest absolute Gasteiger partial charge is 0.355 e. The molecule has 1 heterocycles. The van der Waals surface area contributed by atoms with Crippen LogP contribution in [-0.4, -0.2) is 37.3 Å². The molecule has 0 N–H and O–H groups in total. The number of esters is 2. The van der Waals surface area contributed by atoms with Crippen LogP contribution in [0, 0.1) is 6.92 Å². The minimum absolute atomic E-state index is 0.0604. The van der Waals surface area contributed by atoms with Gasteiger partial charge in [-0.15, -0.1) is 0 Å². The first-order chi connectivity index (χ1) is 10.9. The number of amides is 1. The van der Waals surface area contributed by atoms with Gasteiger partial charge in [0.15, 0.2) is 6.61 Å². The van der Waals surface area contributed by atoms with Crippen molar-refractivity contribution in [1.82, 2.24) is 0 Å². The van der Waals surface area contributed by atoms with Gasteiger partial charge in [-0.1, -0.05) is 17.7 Å². The van der Waals surface area contributed by atoms with Crippen molar-refractivity contribution in [2.75, 3.05) is 18.7 Å². The maximum absolute atomic E-state index is 12.0. The fourth-order valence-corrected chi connectivity index (χ4v) is 2.06. The number of ether oxygens (including phenoxy) is 2. The number of hydrogen-bond donors (Lipinski definition) is 0. The number of carbonyl (C=O) groups excluding carboxylic acids is 3. The van der Waals surface area contributed by atoms with Gasteiger partial charge in [-0.2, -0.15) is 5.10 Å². The normalized spacial score (nSPS) is 14.3. The van der Waals surface area contributed by atoms with Gasteiger partial charge in [0, 0.05) is 17.9 Å². The lowest BCUT2D eigenvalue weighted by Crippen LogP contribution is -2.35. The summed E-state index contributed by atoms with van der Waals surface area (Å²) in [5, 5.41) is 5.63. The quantitative estimate of drug-likeness (QED) is 0.782. The minimum atomic E-state index is -0.758. The SMILES string of the molecule is COC(=O)COC(=O)C1=NN(c2ccc(C)c(Cl)c2)C(=O)CC1. The lowest BCUT2D eigenvalue weighted by atomic mass is 10.1. The van der Waals surface area contributed by atoms with Gasteiger partial charge < -0.3 is 9.47 Å². The molecular weight excluding hydrogens is 324 g/mol. The van der Waals surface area contributed by atoms with Crippen molar-refractivity contribution in [3.8, 4) is 0 Å². The number of nitrogens with zero attached hydrogens (tertiary/aromatic N) is 2. The molecule has 7 nitrogen and oxygen atoms in total. The van der Waals surface area contributed by atoms with Gasteiger partial charge in [0.1, 0.15) is 5.71 Å². The van der Waals surface area contributed by atoms with Crippen LogP contribution >= 0.6 is 11.6 Å². The van der Waals surface area contributed by atoms with E-state index in [9.17, 15) is 14.4 Å². The van der Waals surface area contributed by atoms with E-state index in [0.717, 1.165) is 10.6 Å². The van der Waals surface area contributed by atoms with Gasteiger partial charge in [-0.25, -0.2) is 14.6 Å². The zero-order valence-corrected chi connectivity index (χ0v) is 13.4. The van der Waals surface area contributed by atoms with E-state index in [4.69, 9.17) is 16.3 Å². The number of halogens is 1. The van der Waals surface area contributed by atoms with Crippen LogP contribution in [0.3, 0.4) is 0 Å². The molecule has 2 rings (SSSR count). The molecule has 0 aromatic heterocycles. The van der Waals surface area contributed by atoms with Gasteiger partial charge in [-0.05, 0) is 24.6 Å². The molecule has 8 heteroatoms. The molecule has 0 fully saturated rings. The third-order valence-electron chi connectivity index (χ3n) is 3.22. The Morgan fingerprint density at radius 3 is 2.74 bits per heavy atom. The molecule has 0 saturated carbocycles. The van der Waals surface area contributed by atoms with Crippen molar-refractivity contribution in [2.45, 2.75) is 19.8 Å². The standard InChI is InChI=1S/C15H15ClN2O5/c1-9-3-4-10(7-11(9)16)18-13(19)6-5-12(17-18)15(21)23-8-14(20)22-2/h3-4,7H,5-6,8H2,1-2H3. The van der Waals surface area contributed by atoms with E-state index in [1.165, 1.54) is 7.11 Å². The summed E-state index contributed by atoms with van der Waals surface area (Å²) in [6.07, 6.45) is 0.257. The Balaban J connectivity index is 2.19. The molecule has 1 amide bonds. The first kappa shape index (κ1) is 17.0. The van der Waals surface area contributed by atoms with Gasteiger partial charge in [-0.3, -0.25) is 4.79 Å². The lowest BCUT2D eigenvalue weighted by Gasteiger charge is -2.23. The number of aryl methyl sites for hydroxylation is 1. The predicted molar refractivity (Wildman–Crippen MR) is 83.3 cm³/mol. The average Bonchev–Trinajstić information content (AvgIpc) is 2.55. The molecule has 0 saturated heterocycles. The number of hydrazone groups is 1. The zero-order chi connectivity index (χ0) is 17.0. The van der Waals surface area contributed by atoms with E-state index in [0.29, 0.717) is 10.7 Å². The van der Waals surface area contributed by atoms with E-state index < -0.39 is 18.5 Å². The number of rotatable bonds is 4. The Hall–Kier alpha value is -2.41. The highest BCUT2D eigenvalue weighted by Crippen LogP contribution is 2.26. The monoisotopic (exact) mass is 338 g/mol. The van der Waals surface area contributed by atoms with Crippen molar-refractivity contribution >= 4 is 40.8 Å². The van der Waals surface area contributed by atoms with Crippen LogP contribution in [0.2, 0.25) is 5.02 Å². The van der Waals surface area contributed by atoms with Crippen molar-refractivity contribution < 1.29 is 23.9 Å². The number of carbonyl (C=O) groups is 3. The van der Waals surface area contributed by atoms with Crippen LogP contribution in [0.1, 0.15) is 18.4 Å². The highest BCUT2D eigenvalue weighted by molar-refractivity contribution is 6.38. The largest absolute Gasteiger partial charge is 0.466 e. The van der Waals surface area contributed by atoms with E-state index >= 15 is 0 Å². The number of hydrogen-bond acceptors (Lipinski definition) is 6. The van der Waals surface area contributed by atoms with Crippen LogP contribution in [-0.2, 0) is 23.9 Å². The fraction of sp³-hybridized carbons (Fsp3) is 0.333. The van der Waals surface area contributed by atoms with Gasteiger partial charge >= 0.3 is 11.9 Å². The first-order valence-corrected chi connectivity index (χ1v) is 7.20. The second kappa shape index (κ2) is 7.23. The Bertz CT molecular complexity index is 686. The fourth-order valence-electron chi connectivity index (χ4n) is 1.88. The summed E-state index contributed by atoms with van der Waals surface area (Å²) in [6, 6.07) is 5.04. The highest BCUT2D eigenvalue weighted by Gasteiger charge is 2.27. The third-order valence-corrected chi connectivity index (χ3v) is 3.62. The maximum Gasteiger partial charge on any atom is 0.355 e. The van der Waals surface area contributed by atoms with Crippen molar-refractivity contribution in [3.63, 3.8) is 0 Å². The molecule has 0 radical (unpaired) electrons. The molecule has 0 spiro atoms. The molecule has 1 aromatic carbocycles. The van der Waals surface area contributed by atoms with Gasteiger partial charge in [0.25, 0.3) is 0 Å². The van der Waals surface area contributed by atoms with E-state index in [-0.39, 0.29) is 24.5 Å².